The van der Waals surface area contributed by atoms with Gasteiger partial charge in [-0.1, -0.05) is 18.7 Å². The van der Waals surface area contributed by atoms with Gasteiger partial charge in [0, 0.05) is 11.8 Å². The van der Waals surface area contributed by atoms with Crippen molar-refractivity contribution in [3.05, 3.63) is 11.8 Å². The molecule has 1 aromatic rings. The molecule has 0 radical (unpaired) electrons. The second-order valence-electron chi connectivity index (χ2n) is 2.12. The van der Waals surface area contributed by atoms with E-state index < -0.39 is 0 Å². The lowest BCUT2D eigenvalue weighted by Gasteiger charge is -2.00. The van der Waals surface area contributed by atoms with E-state index in [1.807, 2.05) is 13.2 Å². The second-order valence-corrected chi connectivity index (χ2v) is 2.90. The third-order valence-corrected chi connectivity index (χ3v) is 1.87. The van der Waals surface area contributed by atoms with Gasteiger partial charge in [-0.05, 0) is 12.7 Å². The third-order valence-electron chi connectivity index (χ3n) is 1.32. The number of nitrogens with zero attached hydrogens (tertiary/aromatic N) is 2. The van der Waals surface area contributed by atoms with Crippen molar-refractivity contribution in [3.8, 4) is 0 Å². The van der Waals surface area contributed by atoms with Crippen LogP contribution < -0.4 is 5.73 Å². The summed E-state index contributed by atoms with van der Waals surface area (Å²) in [6, 6.07) is 1.81. The van der Waals surface area contributed by atoms with E-state index >= 15 is 0 Å². The topological polar surface area (TPSA) is 51.8 Å². The number of hydrogen-bond acceptors (Lipinski definition) is 4. The number of rotatable bonds is 2. The van der Waals surface area contributed by atoms with E-state index in [-0.39, 0.29) is 0 Å². The quantitative estimate of drug-likeness (QED) is 0.536. The monoisotopic (exact) mass is 169 g/mol. The first-order chi connectivity index (χ1) is 5.26. The number of nitrogens with two attached hydrogens (primary N) is 1. The van der Waals surface area contributed by atoms with Crippen LogP contribution in [-0.4, -0.2) is 16.2 Å². The van der Waals surface area contributed by atoms with Crippen LogP contribution in [0.1, 0.15) is 12.6 Å². The third kappa shape index (κ3) is 2.08. The molecule has 2 N–H and O–H groups in total. The number of aryl methyl sites for hydroxylation is 1. The van der Waals surface area contributed by atoms with E-state index in [0.29, 0.717) is 5.82 Å². The number of aromatic nitrogens is 2. The summed E-state index contributed by atoms with van der Waals surface area (Å²) in [7, 11) is 0. The molecule has 0 spiro atoms. The van der Waals surface area contributed by atoms with Crippen molar-refractivity contribution in [2.24, 2.45) is 0 Å². The van der Waals surface area contributed by atoms with Gasteiger partial charge in [-0.3, -0.25) is 0 Å². The summed E-state index contributed by atoms with van der Waals surface area (Å²) < 4.78 is 0. The molecule has 0 aliphatic carbocycles. The molecule has 0 aliphatic heterocycles. The molecule has 0 aromatic carbocycles. The summed E-state index contributed by atoms with van der Waals surface area (Å²) >= 11 is 1.51. The standard InChI is InChI=1S/C7H11N3S/c1-3-5-4-6(8)10-7(9-5)11-2/h4H,3H2,1-2H3,(H2,8,9,10). The number of nitrogen functional groups attached to an aromatic ring is 1. The lowest BCUT2D eigenvalue weighted by Crippen LogP contribution is -1.97. The SMILES string of the molecule is CCc1cc(N)nc(SC)n1. The van der Waals surface area contributed by atoms with Gasteiger partial charge in [0.05, 0.1) is 0 Å². The van der Waals surface area contributed by atoms with Gasteiger partial charge in [-0.15, -0.1) is 0 Å². The maximum absolute atomic E-state index is 5.55. The van der Waals surface area contributed by atoms with Crippen LogP contribution >= 0.6 is 11.8 Å². The summed E-state index contributed by atoms with van der Waals surface area (Å²) in [6.45, 7) is 2.05. The minimum Gasteiger partial charge on any atom is -0.384 e. The zero-order valence-corrected chi connectivity index (χ0v) is 7.48. The fraction of sp³-hybridized carbons (Fsp3) is 0.429. The highest BCUT2D eigenvalue weighted by molar-refractivity contribution is 7.98. The molecule has 4 heteroatoms. The first-order valence-corrected chi connectivity index (χ1v) is 4.66. The van der Waals surface area contributed by atoms with Gasteiger partial charge in [-0.2, -0.15) is 0 Å². The van der Waals surface area contributed by atoms with Crippen LogP contribution in [-0.2, 0) is 6.42 Å². The van der Waals surface area contributed by atoms with Crippen molar-refractivity contribution >= 4 is 17.6 Å². The van der Waals surface area contributed by atoms with Crippen LogP contribution in [0.2, 0.25) is 0 Å². The van der Waals surface area contributed by atoms with Crippen molar-refractivity contribution in [3.63, 3.8) is 0 Å². The largest absolute Gasteiger partial charge is 0.384 e. The van der Waals surface area contributed by atoms with Crippen LogP contribution in [0.25, 0.3) is 0 Å². The van der Waals surface area contributed by atoms with E-state index in [9.17, 15) is 0 Å². The molecular formula is C7H11N3S. The molecule has 0 atom stereocenters. The fourth-order valence-electron chi connectivity index (χ4n) is 0.766. The van der Waals surface area contributed by atoms with Gasteiger partial charge in [0.1, 0.15) is 5.82 Å². The summed E-state index contributed by atoms with van der Waals surface area (Å²) in [5.74, 6) is 0.557. The molecule has 0 aliphatic rings. The van der Waals surface area contributed by atoms with Crippen LogP contribution in [0, 0.1) is 0 Å². The Balaban J connectivity index is 3.02. The number of hydrogen-bond donors (Lipinski definition) is 1. The Morgan fingerprint density at radius 1 is 1.55 bits per heavy atom. The van der Waals surface area contributed by atoms with E-state index in [1.54, 1.807) is 6.07 Å². The molecule has 0 amide bonds. The van der Waals surface area contributed by atoms with E-state index in [0.717, 1.165) is 17.3 Å². The molecule has 11 heavy (non-hydrogen) atoms. The maximum Gasteiger partial charge on any atom is 0.189 e. The highest BCUT2D eigenvalue weighted by Crippen LogP contribution is 2.11. The van der Waals surface area contributed by atoms with Gasteiger partial charge in [0.25, 0.3) is 0 Å². The Bertz CT molecular complexity index is 227. The fourth-order valence-corrected chi connectivity index (χ4v) is 1.17. The Kier molecular flexibility index (Phi) is 2.70. The van der Waals surface area contributed by atoms with Gasteiger partial charge < -0.3 is 5.73 Å². The zero-order valence-electron chi connectivity index (χ0n) is 6.66. The van der Waals surface area contributed by atoms with Crippen molar-refractivity contribution in [2.45, 2.75) is 18.5 Å². The normalized spacial score (nSPS) is 10.0. The second kappa shape index (κ2) is 3.57. The summed E-state index contributed by atoms with van der Waals surface area (Å²) in [5, 5.41) is 0.752. The first-order valence-electron chi connectivity index (χ1n) is 3.43. The van der Waals surface area contributed by atoms with Crippen LogP contribution in [0.5, 0.6) is 0 Å². The smallest absolute Gasteiger partial charge is 0.189 e. The van der Waals surface area contributed by atoms with Gasteiger partial charge in [-0.25, -0.2) is 9.97 Å². The van der Waals surface area contributed by atoms with Gasteiger partial charge in [0.15, 0.2) is 5.16 Å². The predicted octanol–water partition coefficient (Wildman–Crippen LogP) is 1.34. The van der Waals surface area contributed by atoms with Crippen LogP contribution in [0.3, 0.4) is 0 Å². The lowest BCUT2D eigenvalue weighted by molar-refractivity contribution is 0.898. The first kappa shape index (κ1) is 8.33. The molecule has 1 aromatic heterocycles. The van der Waals surface area contributed by atoms with Gasteiger partial charge in [0.2, 0.25) is 0 Å². The molecule has 1 rings (SSSR count). The van der Waals surface area contributed by atoms with E-state index in [2.05, 4.69) is 9.97 Å². The van der Waals surface area contributed by atoms with E-state index in [1.165, 1.54) is 11.8 Å². The number of anilines is 1. The molecule has 60 valence electrons. The minimum absolute atomic E-state index is 0.557. The molecular weight excluding hydrogens is 158 g/mol. The van der Waals surface area contributed by atoms with Crippen molar-refractivity contribution in [1.29, 1.82) is 0 Å². The summed E-state index contributed by atoms with van der Waals surface area (Å²) in [5.41, 5.74) is 6.55. The van der Waals surface area contributed by atoms with Crippen molar-refractivity contribution in [2.75, 3.05) is 12.0 Å². The highest BCUT2D eigenvalue weighted by atomic mass is 32.2. The molecule has 0 unspecified atom stereocenters. The highest BCUT2D eigenvalue weighted by Gasteiger charge is 1.98. The Morgan fingerprint density at radius 2 is 2.27 bits per heavy atom. The zero-order chi connectivity index (χ0) is 8.27. The van der Waals surface area contributed by atoms with Crippen molar-refractivity contribution in [1.82, 2.24) is 9.97 Å². The molecule has 0 bridgehead atoms. The molecule has 1 heterocycles. The predicted molar refractivity (Wildman–Crippen MR) is 47.6 cm³/mol. The Labute approximate surface area is 70.4 Å². The lowest BCUT2D eigenvalue weighted by atomic mass is 10.3. The van der Waals surface area contributed by atoms with Crippen LogP contribution in [0.4, 0.5) is 5.82 Å². The van der Waals surface area contributed by atoms with E-state index in [4.69, 9.17) is 5.73 Å². The van der Waals surface area contributed by atoms with Crippen molar-refractivity contribution < 1.29 is 0 Å². The van der Waals surface area contributed by atoms with Crippen LogP contribution in [0.15, 0.2) is 11.2 Å². The maximum atomic E-state index is 5.55. The Hall–Kier alpha value is -0.770. The molecule has 0 fully saturated rings. The minimum atomic E-state index is 0.557. The summed E-state index contributed by atoms with van der Waals surface area (Å²) in [6.07, 6.45) is 2.84. The average Bonchev–Trinajstić information content (AvgIpc) is 2.03. The molecule has 0 saturated heterocycles. The summed E-state index contributed by atoms with van der Waals surface area (Å²) in [4.78, 5) is 8.27. The molecule has 3 nitrogen and oxygen atoms in total. The number of thioether (sulfide) groups is 1. The Morgan fingerprint density at radius 3 is 2.82 bits per heavy atom. The van der Waals surface area contributed by atoms with Gasteiger partial charge >= 0.3 is 0 Å². The molecule has 0 saturated carbocycles. The average molecular weight is 169 g/mol.